The lowest BCUT2D eigenvalue weighted by Gasteiger charge is -2.20. The average Bonchev–Trinajstić information content (AvgIpc) is 2.13. The lowest BCUT2D eigenvalue weighted by molar-refractivity contribution is 0.391. The van der Waals surface area contributed by atoms with Crippen molar-refractivity contribution in [2.24, 2.45) is 0 Å². The molecule has 0 N–H and O–H groups in total. The first kappa shape index (κ1) is 7.46. The minimum atomic E-state index is -0.232. The second kappa shape index (κ2) is 2.96. The van der Waals surface area contributed by atoms with Gasteiger partial charge in [0.15, 0.2) is 0 Å². The third kappa shape index (κ3) is 1.64. The van der Waals surface area contributed by atoms with Gasteiger partial charge in [0.2, 0.25) is 0 Å². The van der Waals surface area contributed by atoms with E-state index >= 15 is 0 Å². The molecule has 2 nitrogen and oxygen atoms in total. The lowest BCUT2D eigenvalue weighted by Crippen LogP contribution is -2.10. The number of nitrogens with zero attached hydrogens (tertiary/aromatic N) is 1. The van der Waals surface area contributed by atoms with Crippen molar-refractivity contribution in [3.05, 3.63) is 0 Å². The topological polar surface area (TPSA) is 12.5 Å². The van der Waals surface area contributed by atoms with Crippen molar-refractivity contribution in [1.82, 2.24) is 4.67 Å². The average molecular weight is 147 g/mol. The maximum absolute atomic E-state index is 5.52. The van der Waals surface area contributed by atoms with Crippen LogP contribution in [0.25, 0.3) is 0 Å². The molecule has 0 aliphatic carbocycles. The minimum absolute atomic E-state index is 0.232. The smallest absolute Gasteiger partial charge is 0.106 e. The summed E-state index contributed by atoms with van der Waals surface area (Å²) in [6.45, 7) is 6.48. The fraction of sp³-hybridized carbons (Fsp3) is 1.00. The monoisotopic (exact) mass is 147 g/mol. The number of likely N-dealkylation sites (N-methyl/N-ethyl adjacent to an activating group) is 1. The molecule has 0 aromatic rings. The summed E-state index contributed by atoms with van der Waals surface area (Å²) >= 11 is 0. The van der Waals surface area contributed by atoms with Gasteiger partial charge in [-0.05, 0) is 7.05 Å². The van der Waals surface area contributed by atoms with E-state index in [4.69, 9.17) is 4.52 Å². The molecular formula is C6H14NOP. The second-order valence-electron chi connectivity index (χ2n) is 2.61. The molecule has 1 atom stereocenters. The summed E-state index contributed by atoms with van der Waals surface area (Å²) in [5.41, 5.74) is 0.687. The molecule has 0 amide bonds. The first-order valence-electron chi connectivity index (χ1n) is 3.35. The fourth-order valence-corrected chi connectivity index (χ4v) is 2.84. The Morgan fingerprint density at radius 1 is 1.56 bits per heavy atom. The Kier molecular flexibility index (Phi) is 2.45. The van der Waals surface area contributed by atoms with Crippen molar-refractivity contribution in [2.45, 2.75) is 19.5 Å². The maximum atomic E-state index is 5.52. The van der Waals surface area contributed by atoms with E-state index in [1.807, 2.05) is 0 Å². The Morgan fingerprint density at radius 3 is 2.44 bits per heavy atom. The highest BCUT2D eigenvalue weighted by Crippen LogP contribution is 2.48. The predicted octanol–water partition coefficient (Wildman–Crippen LogP) is 1.67. The largest absolute Gasteiger partial charge is 0.342 e. The summed E-state index contributed by atoms with van der Waals surface area (Å²) in [4.78, 5) is 0. The molecule has 1 fully saturated rings. The molecule has 0 radical (unpaired) electrons. The Bertz CT molecular complexity index is 97.1. The van der Waals surface area contributed by atoms with E-state index in [0.717, 1.165) is 13.2 Å². The SMILES string of the molecule is CC(C)P1OCCN1C. The summed E-state index contributed by atoms with van der Waals surface area (Å²) in [6.07, 6.45) is 0. The van der Waals surface area contributed by atoms with Gasteiger partial charge >= 0.3 is 0 Å². The van der Waals surface area contributed by atoms with Crippen LogP contribution in [-0.2, 0) is 4.52 Å². The molecule has 1 saturated heterocycles. The third-order valence-corrected chi connectivity index (χ3v) is 3.62. The molecule has 0 saturated carbocycles. The lowest BCUT2D eigenvalue weighted by atomic mass is 10.6. The van der Waals surface area contributed by atoms with E-state index in [0.29, 0.717) is 5.66 Å². The van der Waals surface area contributed by atoms with E-state index in [9.17, 15) is 0 Å². The highest BCUT2D eigenvalue weighted by atomic mass is 31.2. The molecule has 9 heavy (non-hydrogen) atoms. The quantitative estimate of drug-likeness (QED) is 0.523. The van der Waals surface area contributed by atoms with Crippen LogP contribution in [0.5, 0.6) is 0 Å². The van der Waals surface area contributed by atoms with Crippen molar-refractivity contribution in [3.8, 4) is 0 Å². The highest BCUT2D eigenvalue weighted by molar-refractivity contribution is 7.50. The van der Waals surface area contributed by atoms with Crippen molar-refractivity contribution in [1.29, 1.82) is 0 Å². The van der Waals surface area contributed by atoms with Crippen LogP contribution in [0.2, 0.25) is 0 Å². The molecule has 0 aromatic carbocycles. The van der Waals surface area contributed by atoms with Crippen molar-refractivity contribution < 1.29 is 4.52 Å². The molecule has 1 aliphatic heterocycles. The molecule has 54 valence electrons. The van der Waals surface area contributed by atoms with Gasteiger partial charge in [0.05, 0.1) is 6.61 Å². The zero-order valence-corrected chi connectivity index (χ0v) is 7.19. The first-order chi connectivity index (χ1) is 4.22. The van der Waals surface area contributed by atoms with Gasteiger partial charge in [-0.25, -0.2) is 0 Å². The van der Waals surface area contributed by atoms with Gasteiger partial charge < -0.3 is 4.52 Å². The molecule has 1 aliphatic rings. The minimum Gasteiger partial charge on any atom is -0.342 e. The van der Waals surface area contributed by atoms with Crippen LogP contribution in [0.4, 0.5) is 0 Å². The van der Waals surface area contributed by atoms with E-state index in [1.165, 1.54) is 0 Å². The predicted molar refractivity (Wildman–Crippen MR) is 40.6 cm³/mol. The van der Waals surface area contributed by atoms with Crippen LogP contribution < -0.4 is 0 Å². The van der Waals surface area contributed by atoms with Gasteiger partial charge in [-0.3, -0.25) is 4.67 Å². The Hall–Kier alpha value is 0.350. The normalized spacial score (nSPS) is 30.0. The van der Waals surface area contributed by atoms with Gasteiger partial charge in [0.1, 0.15) is 8.30 Å². The van der Waals surface area contributed by atoms with Crippen LogP contribution in [0.1, 0.15) is 13.8 Å². The van der Waals surface area contributed by atoms with Crippen LogP contribution in [0, 0.1) is 0 Å². The molecular weight excluding hydrogens is 133 g/mol. The van der Waals surface area contributed by atoms with E-state index < -0.39 is 0 Å². The standard InChI is InChI=1S/C6H14NOP/c1-6(2)9-7(3)4-5-8-9/h6H,4-5H2,1-3H3. The van der Waals surface area contributed by atoms with Gasteiger partial charge in [-0.2, -0.15) is 0 Å². The van der Waals surface area contributed by atoms with Crippen LogP contribution in [0.15, 0.2) is 0 Å². The molecule has 0 aromatic heterocycles. The van der Waals surface area contributed by atoms with Gasteiger partial charge in [0.25, 0.3) is 0 Å². The van der Waals surface area contributed by atoms with Crippen LogP contribution >= 0.6 is 8.30 Å². The number of rotatable bonds is 1. The number of hydrogen-bond acceptors (Lipinski definition) is 2. The van der Waals surface area contributed by atoms with E-state index in [-0.39, 0.29) is 8.30 Å². The molecule has 0 bridgehead atoms. The molecule has 1 heterocycles. The summed E-state index contributed by atoms with van der Waals surface area (Å²) in [7, 11) is 1.91. The van der Waals surface area contributed by atoms with Crippen molar-refractivity contribution in [3.63, 3.8) is 0 Å². The van der Waals surface area contributed by atoms with Gasteiger partial charge in [-0.15, -0.1) is 0 Å². The summed E-state index contributed by atoms with van der Waals surface area (Å²) in [6, 6.07) is 0. The Labute approximate surface area is 58.1 Å². The Morgan fingerprint density at radius 2 is 2.22 bits per heavy atom. The number of hydrogen-bond donors (Lipinski definition) is 0. The zero-order valence-electron chi connectivity index (χ0n) is 6.29. The van der Waals surface area contributed by atoms with Crippen LogP contribution in [0.3, 0.4) is 0 Å². The van der Waals surface area contributed by atoms with E-state index in [2.05, 4.69) is 25.6 Å². The van der Waals surface area contributed by atoms with Crippen molar-refractivity contribution in [2.75, 3.05) is 20.2 Å². The Balaban J connectivity index is 2.40. The maximum Gasteiger partial charge on any atom is 0.106 e. The summed E-state index contributed by atoms with van der Waals surface area (Å²) in [5.74, 6) is 0. The van der Waals surface area contributed by atoms with Gasteiger partial charge in [-0.1, -0.05) is 13.8 Å². The van der Waals surface area contributed by atoms with Gasteiger partial charge in [0, 0.05) is 12.2 Å². The first-order valence-corrected chi connectivity index (χ1v) is 4.63. The molecule has 0 spiro atoms. The molecule has 1 unspecified atom stereocenters. The zero-order chi connectivity index (χ0) is 6.85. The second-order valence-corrected chi connectivity index (χ2v) is 5.19. The highest BCUT2D eigenvalue weighted by Gasteiger charge is 2.24. The molecule has 3 heteroatoms. The fourth-order valence-electron chi connectivity index (χ4n) is 1.01. The van der Waals surface area contributed by atoms with E-state index in [1.54, 1.807) is 0 Å². The third-order valence-electron chi connectivity index (χ3n) is 1.42. The summed E-state index contributed by atoms with van der Waals surface area (Å²) < 4.78 is 7.84. The van der Waals surface area contributed by atoms with Crippen LogP contribution in [-0.4, -0.2) is 30.5 Å². The molecule has 1 rings (SSSR count). The summed E-state index contributed by atoms with van der Waals surface area (Å²) in [5, 5.41) is 0. The van der Waals surface area contributed by atoms with Crippen molar-refractivity contribution >= 4 is 8.30 Å².